The van der Waals surface area contributed by atoms with Crippen molar-refractivity contribution >= 4 is 24.8 Å². The third-order valence-electron chi connectivity index (χ3n) is 5.37. The summed E-state index contributed by atoms with van der Waals surface area (Å²) in [5, 5.41) is 14.0. The second-order valence-corrected chi connectivity index (χ2v) is 9.08. The predicted molar refractivity (Wildman–Crippen MR) is 109 cm³/mol. The van der Waals surface area contributed by atoms with E-state index in [0.29, 0.717) is 17.0 Å². The Balaban J connectivity index is 1.38. The fraction of sp³-hybridized carbons (Fsp3) is 0.421. The van der Waals surface area contributed by atoms with Crippen LogP contribution in [0.3, 0.4) is 0 Å². The SMILES string of the molecule is C[C@@H](Cc1ccccc1)Nc1ncnc2c1ncn2[C@@H]1O[C@H]2COP(=O)(O)O[C@@H]2[C@H]1O. The second-order valence-electron chi connectivity index (χ2n) is 7.67. The van der Waals surface area contributed by atoms with E-state index in [0.717, 1.165) is 6.42 Å². The van der Waals surface area contributed by atoms with E-state index in [-0.39, 0.29) is 12.6 Å². The van der Waals surface area contributed by atoms with Gasteiger partial charge in [-0.1, -0.05) is 30.3 Å². The van der Waals surface area contributed by atoms with E-state index in [1.807, 2.05) is 18.2 Å². The minimum absolute atomic E-state index is 0.0890. The van der Waals surface area contributed by atoms with Crippen molar-refractivity contribution in [2.45, 2.75) is 43.9 Å². The monoisotopic (exact) mass is 447 g/mol. The molecule has 6 atom stereocenters. The van der Waals surface area contributed by atoms with E-state index in [9.17, 15) is 14.6 Å². The maximum absolute atomic E-state index is 11.7. The molecule has 31 heavy (non-hydrogen) atoms. The Labute approximate surface area is 177 Å². The summed E-state index contributed by atoms with van der Waals surface area (Å²) >= 11 is 0. The van der Waals surface area contributed by atoms with Gasteiger partial charge in [0.25, 0.3) is 0 Å². The van der Waals surface area contributed by atoms with Crippen molar-refractivity contribution in [2.75, 3.05) is 11.9 Å². The van der Waals surface area contributed by atoms with Crippen LogP contribution >= 0.6 is 7.82 Å². The lowest BCUT2D eigenvalue weighted by Crippen LogP contribution is -2.39. The molecule has 11 nitrogen and oxygen atoms in total. The van der Waals surface area contributed by atoms with E-state index in [1.165, 1.54) is 18.2 Å². The van der Waals surface area contributed by atoms with Crippen LogP contribution in [0.1, 0.15) is 18.7 Å². The molecule has 164 valence electrons. The summed E-state index contributed by atoms with van der Waals surface area (Å²) in [7, 11) is -4.20. The van der Waals surface area contributed by atoms with Crippen molar-refractivity contribution in [3.8, 4) is 0 Å². The summed E-state index contributed by atoms with van der Waals surface area (Å²) in [6, 6.07) is 10.2. The Morgan fingerprint density at radius 2 is 2.10 bits per heavy atom. The summed E-state index contributed by atoms with van der Waals surface area (Å²) < 4.78 is 28.9. The van der Waals surface area contributed by atoms with Gasteiger partial charge >= 0.3 is 7.82 Å². The third kappa shape index (κ3) is 3.96. The summed E-state index contributed by atoms with van der Waals surface area (Å²) in [6.07, 6.45) is -0.0552. The largest absolute Gasteiger partial charge is 0.472 e. The predicted octanol–water partition coefficient (Wildman–Crippen LogP) is 1.64. The van der Waals surface area contributed by atoms with Crippen LogP contribution < -0.4 is 5.32 Å². The van der Waals surface area contributed by atoms with Crippen LogP contribution in [0, 0.1) is 0 Å². The Bertz CT molecular complexity index is 1130. The van der Waals surface area contributed by atoms with Crippen LogP contribution in [0.2, 0.25) is 0 Å². The molecule has 1 unspecified atom stereocenters. The molecule has 0 bridgehead atoms. The highest BCUT2D eigenvalue weighted by Gasteiger charge is 2.52. The number of hydrogen-bond acceptors (Lipinski definition) is 9. The van der Waals surface area contributed by atoms with Crippen molar-refractivity contribution in [2.24, 2.45) is 0 Å². The van der Waals surface area contributed by atoms with Crippen molar-refractivity contribution in [1.29, 1.82) is 0 Å². The Morgan fingerprint density at radius 1 is 1.29 bits per heavy atom. The van der Waals surface area contributed by atoms with Gasteiger partial charge in [0.05, 0.1) is 12.9 Å². The molecule has 0 radical (unpaired) electrons. The number of imidazole rings is 1. The molecule has 0 spiro atoms. The zero-order chi connectivity index (χ0) is 21.6. The number of aliphatic hydroxyl groups is 1. The minimum Gasteiger partial charge on any atom is -0.386 e. The molecular weight excluding hydrogens is 425 g/mol. The summed E-state index contributed by atoms with van der Waals surface area (Å²) in [5.41, 5.74) is 2.19. The molecule has 4 heterocycles. The Morgan fingerprint density at radius 3 is 2.90 bits per heavy atom. The van der Waals surface area contributed by atoms with Crippen LogP contribution in [-0.4, -0.2) is 60.5 Å². The van der Waals surface area contributed by atoms with E-state index in [2.05, 4.69) is 39.3 Å². The number of ether oxygens (including phenoxy) is 1. The van der Waals surface area contributed by atoms with E-state index in [1.54, 1.807) is 4.57 Å². The van der Waals surface area contributed by atoms with E-state index >= 15 is 0 Å². The molecule has 5 rings (SSSR count). The van der Waals surface area contributed by atoms with Gasteiger partial charge in [-0.15, -0.1) is 0 Å². The number of hydrogen-bond donors (Lipinski definition) is 3. The molecule has 0 aliphatic carbocycles. The molecule has 2 saturated heterocycles. The van der Waals surface area contributed by atoms with Crippen molar-refractivity contribution in [1.82, 2.24) is 19.5 Å². The molecule has 0 amide bonds. The van der Waals surface area contributed by atoms with Gasteiger partial charge in [0.1, 0.15) is 24.6 Å². The highest BCUT2D eigenvalue weighted by molar-refractivity contribution is 7.47. The summed E-state index contributed by atoms with van der Waals surface area (Å²) in [5.74, 6) is 0.566. The molecule has 2 aromatic heterocycles. The average molecular weight is 447 g/mol. The molecule has 3 N–H and O–H groups in total. The number of rotatable bonds is 5. The number of nitrogens with one attached hydrogen (secondary N) is 1. The van der Waals surface area contributed by atoms with Crippen molar-refractivity contribution in [3.63, 3.8) is 0 Å². The van der Waals surface area contributed by atoms with Crippen LogP contribution in [0.15, 0.2) is 43.0 Å². The van der Waals surface area contributed by atoms with Crippen LogP contribution in [0.5, 0.6) is 0 Å². The number of phosphoric ester groups is 1. The highest BCUT2D eigenvalue weighted by atomic mass is 31.2. The van der Waals surface area contributed by atoms with Crippen molar-refractivity contribution in [3.05, 3.63) is 48.5 Å². The standard InChI is InChI=1S/C19H22N5O6P/c1-11(7-12-5-3-2-4-6-12)23-17-14-18(21-9-20-17)24(10-22-14)19-15(25)16-13(29-19)8-28-31(26,27)30-16/h2-6,9-11,13,15-16,19,25H,7-8H2,1H3,(H,26,27)(H,20,21,23)/t11-,13-,15+,16-,19+/m0/s1. The number of anilines is 1. The van der Waals surface area contributed by atoms with Crippen molar-refractivity contribution < 1.29 is 28.3 Å². The van der Waals surface area contributed by atoms with Crippen LogP contribution in [-0.2, 0) is 24.8 Å². The maximum Gasteiger partial charge on any atom is 0.472 e. The number of phosphoric acid groups is 1. The van der Waals surface area contributed by atoms with Gasteiger partial charge in [-0.05, 0) is 18.9 Å². The van der Waals surface area contributed by atoms with Gasteiger partial charge in [0.15, 0.2) is 23.2 Å². The average Bonchev–Trinajstić information content (AvgIpc) is 3.30. The first kappa shape index (κ1) is 20.5. The number of benzene rings is 1. The maximum atomic E-state index is 11.7. The molecule has 0 saturated carbocycles. The van der Waals surface area contributed by atoms with Gasteiger partial charge in [-0.25, -0.2) is 19.5 Å². The molecule has 1 aromatic carbocycles. The van der Waals surface area contributed by atoms with Crippen LogP contribution in [0.4, 0.5) is 5.82 Å². The lowest BCUT2D eigenvalue weighted by Gasteiger charge is -2.27. The summed E-state index contributed by atoms with van der Waals surface area (Å²) in [6.45, 7) is 1.90. The highest BCUT2D eigenvalue weighted by Crippen LogP contribution is 2.52. The number of aromatic nitrogens is 4. The molecule has 2 aliphatic rings. The molecule has 2 fully saturated rings. The zero-order valence-corrected chi connectivity index (χ0v) is 17.5. The smallest absolute Gasteiger partial charge is 0.386 e. The number of nitrogens with zero attached hydrogens (tertiary/aromatic N) is 4. The molecule has 12 heteroatoms. The van der Waals surface area contributed by atoms with E-state index < -0.39 is 32.4 Å². The Hall–Kier alpha value is -2.40. The fourth-order valence-electron chi connectivity index (χ4n) is 3.96. The number of fused-ring (bicyclic) bond motifs is 2. The molecule has 3 aromatic rings. The molecule has 2 aliphatic heterocycles. The fourth-order valence-corrected chi connectivity index (χ4v) is 4.93. The first-order chi connectivity index (χ1) is 14.9. The van der Waals surface area contributed by atoms with Gasteiger partial charge in [0.2, 0.25) is 0 Å². The topological polar surface area (TPSA) is 141 Å². The lowest BCUT2D eigenvalue weighted by atomic mass is 10.1. The van der Waals surface area contributed by atoms with Crippen LogP contribution in [0.25, 0.3) is 11.2 Å². The van der Waals surface area contributed by atoms with Gasteiger partial charge in [-0.2, -0.15) is 0 Å². The second kappa shape index (κ2) is 7.94. The molecular formula is C19H22N5O6P. The quantitative estimate of drug-likeness (QED) is 0.494. The minimum atomic E-state index is -4.20. The van der Waals surface area contributed by atoms with Gasteiger partial charge in [0, 0.05) is 6.04 Å². The van der Waals surface area contributed by atoms with Gasteiger partial charge in [-0.3, -0.25) is 13.6 Å². The van der Waals surface area contributed by atoms with E-state index in [4.69, 9.17) is 13.8 Å². The number of aliphatic hydroxyl groups excluding tert-OH is 1. The summed E-state index contributed by atoms with van der Waals surface area (Å²) in [4.78, 5) is 22.6. The lowest BCUT2D eigenvalue weighted by molar-refractivity contribution is -0.0664. The first-order valence-electron chi connectivity index (χ1n) is 9.88. The van der Waals surface area contributed by atoms with Gasteiger partial charge < -0.3 is 20.1 Å². The zero-order valence-electron chi connectivity index (χ0n) is 16.6. The Kier molecular flexibility index (Phi) is 5.25. The normalized spacial score (nSPS) is 31.5. The first-order valence-corrected chi connectivity index (χ1v) is 11.4. The third-order valence-corrected chi connectivity index (χ3v) is 6.35.